The van der Waals surface area contributed by atoms with Crippen LogP contribution in [0.5, 0.6) is 0 Å². The summed E-state index contributed by atoms with van der Waals surface area (Å²) in [5.41, 5.74) is -0.438. The molecule has 1 unspecified atom stereocenters. The second-order valence-corrected chi connectivity index (χ2v) is 6.72. The van der Waals surface area contributed by atoms with Gasteiger partial charge in [-0.25, -0.2) is 0 Å². The minimum absolute atomic E-state index is 0.279. The molecule has 0 saturated heterocycles. The highest BCUT2D eigenvalue weighted by molar-refractivity contribution is 5.79. The van der Waals surface area contributed by atoms with Gasteiger partial charge >= 0.3 is 0 Å². The summed E-state index contributed by atoms with van der Waals surface area (Å²) in [5.74, 6) is 0.279. The fourth-order valence-corrected chi connectivity index (χ4v) is 2.75. The number of nitriles is 1. The number of carbonyl (C=O) groups is 1. The third kappa shape index (κ3) is 11.5. The predicted octanol–water partition coefficient (Wildman–Crippen LogP) is 6.20. The lowest BCUT2D eigenvalue weighted by atomic mass is 9.80. The molecule has 0 fully saturated rings. The Labute approximate surface area is 132 Å². The standard InChI is InChI=1S/C19H35NO/c1-4-6-8-10-11-13-15-19(3,17-20)16-18(21)14-12-9-7-5-2/h4-16H2,1-3H3. The fraction of sp³-hybridized carbons (Fsp3) is 0.895. The first-order valence-electron chi connectivity index (χ1n) is 9.01. The molecule has 0 aliphatic heterocycles. The number of unbranched alkanes of at least 4 members (excludes halogenated alkanes) is 8. The third-order valence-electron chi connectivity index (χ3n) is 4.25. The van der Waals surface area contributed by atoms with Crippen molar-refractivity contribution < 1.29 is 4.79 Å². The van der Waals surface area contributed by atoms with Gasteiger partial charge in [0.25, 0.3) is 0 Å². The molecule has 2 nitrogen and oxygen atoms in total. The Balaban J connectivity index is 3.87. The maximum Gasteiger partial charge on any atom is 0.134 e. The van der Waals surface area contributed by atoms with Crippen molar-refractivity contribution in [1.82, 2.24) is 0 Å². The topological polar surface area (TPSA) is 40.9 Å². The van der Waals surface area contributed by atoms with E-state index in [0.717, 1.165) is 25.7 Å². The van der Waals surface area contributed by atoms with Crippen molar-refractivity contribution in [3.63, 3.8) is 0 Å². The maximum absolute atomic E-state index is 12.0. The zero-order valence-corrected chi connectivity index (χ0v) is 14.5. The first-order valence-corrected chi connectivity index (χ1v) is 9.01. The molecule has 0 spiro atoms. The van der Waals surface area contributed by atoms with E-state index in [-0.39, 0.29) is 5.78 Å². The van der Waals surface area contributed by atoms with Gasteiger partial charge in [0.05, 0.1) is 11.5 Å². The van der Waals surface area contributed by atoms with Gasteiger partial charge in [-0.1, -0.05) is 71.6 Å². The summed E-state index contributed by atoms with van der Waals surface area (Å²) in [5, 5.41) is 9.38. The summed E-state index contributed by atoms with van der Waals surface area (Å²) in [6.45, 7) is 6.36. The van der Waals surface area contributed by atoms with Crippen LogP contribution in [0.1, 0.15) is 104 Å². The first kappa shape index (κ1) is 20.2. The predicted molar refractivity (Wildman–Crippen MR) is 90.1 cm³/mol. The molecule has 0 bridgehead atoms. The van der Waals surface area contributed by atoms with E-state index in [1.807, 2.05) is 6.92 Å². The normalized spacial score (nSPS) is 13.6. The zero-order chi connectivity index (χ0) is 16.0. The molecule has 0 aromatic carbocycles. The van der Waals surface area contributed by atoms with Crippen molar-refractivity contribution in [2.75, 3.05) is 0 Å². The van der Waals surface area contributed by atoms with Gasteiger partial charge < -0.3 is 0 Å². The second-order valence-electron chi connectivity index (χ2n) is 6.72. The fourth-order valence-electron chi connectivity index (χ4n) is 2.75. The van der Waals surface area contributed by atoms with Crippen LogP contribution in [0.4, 0.5) is 0 Å². The number of hydrogen-bond acceptors (Lipinski definition) is 2. The maximum atomic E-state index is 12.0. The van der Waals surface area contributed by atoms with Crippen LogP contribution in [-0.2, 0) is 4.79 Å². The Bertz CT molecular complexity index is 305. The summed E-state index contributed by atoms with van der Waals surface area (Å²) in [4.78, 5) is 12.0. The van der Waals surface area contributed by atoms with Crippen LogP contribution in [0.2, 0.25) is 0 Å². The monoisotopic (exact) mass is 293 g/mol. The molecule has 0 saturated carbocycles. The van der Waals surface area contributed by atoms with Gasteiger partial charge in [0.2, 0.25) is 0 Å². The smallest absolute Gasteiger partial charge is 0.134 e. The van der Waals surface area contributed by atoms with Crippen LogP contribution in [0.3, 0.4) is 0 Å². The van der Waals surface area contributed by atoms with E-state index in [1.165, 1.54) is 44.9 Å². The molecule has 122 valence electrons. The minimum atomic E-state index is -0.438. The second kappa shape index (κ2) is 12.9. The Kier molecular flexibility index (Phi) is 12.4. The number of Topliss-reactive ketones (excluding diaryl/α,β-unsaturated/α-hetero) is 1. The average Bonchev–Trinajstić information content (AvgIpc) is 2.47. The summed E-state index contributed by atoms with van der Waals surface area (Å²) < 4.78 is 0. The summed E-state index contributed by atoms with van der Waals surface area (Å²) in [6, 6.07) is 2.39. The number of hydrogen-bond donors (Lipinski definition) is 0. The van der Waals surface area contributed by atoms with Crippen molar-refractivity contribution in [2.24, 2.45) is 5.41 Å². The quantitative estimate of drug-likeness (QED) is 0.358. The molecule has 0 heterocycles. The van der Waals surface area contributed by atoms with E-state index in [4.69, 9.17) is 0 Å². The van der Waals surface area contributed by atoms with Gasteiger partial charge in [0.1, 0.15) is 5.78 Å². The van der Waals surface area contributed by atoms with Gasteiger partial charge in [0, 0.05) is 12.8 Å². The SMILES string of the molecule is CCCCCCCCC(C)(C#N)CC(=O)CCCCCC. The van der Waals surface area contributed by atoms with E-state index in [1.54, 1.807) is 0 Å². The molecular weight excluding hydrogens is 258 g/mol. The van der Waals surface area contributed by atoms with E-state index in [0.29, 0.717) is 12.8 Å². The molecular formula is C19H35NO. The van der Waals surface area contributed by atoms with Gasteiger partial charge in [0.15, 0.2) is 0 Å². The van der Waals surface area contributed by atoms with Crippen LogP contribution in [-0.4, -0.2) is 5.78 Å². The molecule has 1 atom stereocenters. The Morgan fingerprint density at radius 2 is 1.43 bits per heavy atom. The lowest BCUT2D eigenvalue weighted by Crippen LogP contribution is -2.19. The van der Waals surface area contributed by atoms with Crippen molar-refractivity contribution >= 4 is 5.78 Å². The minimum Gasteiger partial charge on any atom is -0.300 e. The molecule has 0 aromatic rings. The van der Waals surface area contributed by atoms with Gasteiger partial charge in [-0.2, -0.15) is 5.26 Å². The Morgan fingerprint density at radius 3 is 2.00 bits per heavy atom. The summed E-state index contributed by atoms with van der Waals surface area (Å²) in [7, 11) is 0. The van der Waals surface area contributed by atoms with E-state index in [9.17, 15) is 10.1 Å². The molecule has 0 aliphatic rings. The Hall–Kier alpha value is -0.840. The van der Waals surface area contributed by atoms with Crippen molar-refractivity contribution in [2.45, 2.75) is 104 Å². The molecule has 0 radical (unpaired) electrons. The van der Waals surface area contributed by atoms with Crippen LogP contribution >= 0.6 is 0 Å². The summed E-state index contributed by atoms with van der Waals surface area (Å²) in [6.07, 6.45) is 13.9. The van der Waals surface area contributed by atoms with Gasteiger partial charge in [-0.15, -0.1) is 0 Å². The van der Waals surface area contributed by atoms with E-state index < -0.39 is 5.41 Å². The van der Waals surface area contributed by atoms with Gasteiger partial charge in [-0.05, 0) is 19.8 Å². The van der Waals surface area contributed by atoms with Crippen molar-refractivity contribution in [3.05, 3.63) is 0 Å². The largest absolute Gasteiger partial charge is 0.300 e. The van der Waals surface area contributed by atoms with Crippen molar-refractivity contribution in [3.8, 4) is 6.07 Å². The molecule has 0 amide bonds. The number of rotatable bonds is 14. The number of carbonyl (C=O) groups excluding carboxylic acids is 1. The lowest BCUT2D eigenvalue weighted by Gasteiger charge is -2.20. The zero-order valence-electron chi connectivity index (χ0n) is 14.5. The molecule has 0 aromatic heterocycles. The third-order valence-corrected chi connectivity index (χ3v) is 4.25. The lowest BCUT2D eigenvalue weighted by molar-refractivity contribution is -0.120. The van der Waals surface area contributed by atoms with Crippen LogP contribution in [0.25, 0.3) is 0 Å². The highest BCUT2D eigenvalue weighted by Gasteiger charge is 2.26. The van der Waals surface area contributed by atoms with Crippen molar-refractivity contribution in [1.29, 1.82) is 5.26 Å². The Morgan fingerprint density at radius 1 is 0.905 bits per heavy atom. The van der Waals surface area contributed by atoms with Crippen LogP contribution in [0.15, 0.2) is 0 Å². The number of nitrogens with zero attached hydrogens (tertiary/aromatic N) is 1. The summed E-state index contributed by atoms with van der Waals surface area (Å²) >= 11 is 0. The number of ketones is 1. The van der Waals surface area contributed by atoms with Gasteiger partial charge in [-0.3, -0.25) is 4.79 Å². The highest BCUT2D eigenvalue weighted by atomic mass is 16.1. The van der Waals surface area contributed by atoms with E-state index >= 15 is 0 Å². The van der Waals surface area contributed by atoms with E-state index in [2.05, 4.69) is 19.9 Å². The average molecular weight is 293 g/mol. The molecule has 21 heavy (non-hydrogen) atoms. The first-order chi connectivity index (χ1) is 10.1. The van der Waals surface area contributed by atoms with Crippen LogP contribution in [0, 0.1) is 16.7 Å². The molecule has 2 heteroatoms. The van der Waals surface area contributed by atoms with Crippen LogP contribution < -0.4 is 0 Å². The molecule has 0 rings (SSSR count). The molecule has 0 N–H and O–H groups in total. The highest BCUT2D eigenvalue weighted by Crippen LogP contribution is 2.29. The molecule has 0 aliphatic carbocycles.